The molecule has 1 fully saturated rings. The molecule has 6 nitrogen and oxygen atoms in total. The summed E-state index contributed by atoms with van der Waals surface area (Å²) in [4.78, 5) is 24.0. The molecule has 24 heavy (non-hydrogen) atoms. The standard InChI is InChI=1S/C15H18F3N3O3/c1-10-3-2-5-20(10)6-4-19-14(22)11-7-12(15(16,17)18)9-13(8-11)21(23)24/h7-10H,2-6H2,1H3,(H,19,22). The molecule has 0 saturated carbocycles. The Balaban J connectivity index is 2.07. The number of nitro benzene ring substituents is 1. The van der Waals surface area contributed by atoms with Crippen LogP contribution in [0.4, 0.5) is 18.9 Å². The van der Waals surface area contributed by atoms with Gasteiger partial charge in [-0.3, -0.25) is 19.8 Å². The van der Waals surface area contributed by atoms with E-state index >= 15 is 0 Å². The molecule has 132 valence electrons. The SMILES string of the molecule is CC1CCCN1CCNC(=O)c1cc([N+](=O)[O-])cc(C(F)(F)F)c1. The molecule has 1 saturated heterocycles. The monoisotopic (exact) mass is 345 g/mol. The molecule has 1 aromatic carbocycles. The number of rotatable bonds is 5. The maximum absolute atomic E-state index is 12.8. The summed E-state index contributed by atoms with van der Waals surface area (Å²) in [6, 6.07) is 2.31. The van der Waals surface area contributed by atoms with E-state index in [1.165, 1.54) is 0 Å². The van der Waals surface area contributed by atoms with Crippen LogP contribution in [0.3, 0.4) is 0 Å². The van der Waals surface area contributed by atoms with Crippen LogP contribution in [0.25, 0.3) is 0 Å². The summed E-state index contributed by atoms with van der Waals surface area (Å²) in [6.07, 6.45) is -2.60. The Morgan fingerprint density at radius 1 is 1.42 bits per heavy atom. The van der Waals surface area contributed by atoms with Crippen LogP contribution in [0.15, 0.2) is 18.2 Å². The molecule has 0 radical (unpaired) electrons. The zero-order valence-electron chi connectivity index (χ0n) is 13.1. The number of carbonyl (C=O) groups is 1. The first-order valence-electron chi connectivity index (χ1n) is 7.57. The molecule has 1 unspecified atom stereocenters. The molecule has 1 aliphatic rings. The van der Waals surface area contributed by atoms with Gasteiger partial charge in [-0.05, 0) is 32.4 Å². The Hall–Kier alpha value is -2.16. The third-order valence-electron chi connectivity index (χ3n) is 4.09. The van der Waals surface area contributed by atoms with Crippen molar-refractivity contribution in [1.29, 1.82) is 0 Å². The van der Waals surface area contributed by atoms with E-state index in [-0.39, 0.29) is 12.1 Å². The van der Waals surface area contributed by atoms with Crippen molar-refractivity contribution in [2.45, 2.75) is 32.0 Å². The van der Waals surface area contributed by atoms with Gasteiger partial charge < -0.3 is 5.32 Å². The molecule has 1 heterocycles. The number of carbonyl (C=O) groups excluding carboxylic acids is 1. The Kier molecular flexibility index (Phi) is 5.43. The molecule has 1 aromatic rings. The maximum atomic E-state index is 12.8. The van der Waals surface area contributed by atoms with Crippen molar-refractivity contribution in [1.82, 2.24) is 10.2 Å². The average molecular weight is 345 g/mol. The van der Waals surface area contributed by atoms with Crippen molar-refractivity contribution < 1.29 is 22.9 Å². The Bertz CT molecular complexity index is 634. The van der Waals surface area contributed by atoms with Crippen molar-refractivity contribution in [3.8, 4) is 0 Å². The van der Waals surface area contributed by atoms with Crippen LogP contribution in [0.1, 0.15) is 35.7 Å². The van der Waals surface area contributed by atoms with E-state index in [1.807, 2.05) is 0 Å². The summed E-state index contributed by atoms with van der Waals surface area (Å²) in [5.41, 5.74) is -2.34. The van der Waals surface area contributed by atoms with Crippen LogP contribution in [-0.4, -0.2) is 41.4 Å². The quantitative estimate of drug-likeness (QED) is 0.658. The highest BCUT2D eigenvalue weighted by molar-refractivity contribution is 5.95. The van der Waals surface area contributed by atoms with Gasteiger partial charge in [0.1, 0.15) is 0 Å². The summed E-state index contributed by atoms with van der Waals surface area (Å²) in [5.74, 6) is -0.754. The van der Waals surface area contributed by atoms with E-state index in [4.69, 9.17) is 0 Å². The first-order valence-corrected chi connectivity index (χ1v) is 7.57. The van der Waals surface area contributed by atoms with Gasteiger partial charge in [0.25, 0.3) is 11.6 Å². The molecule has 0 bridgehead atoms. The summed E-state index contributed by atoms with van der Waals surface area (Å²) in [6.45, 7) is 3.86. The van der Waals surface area contributed by atoms with Crippen molar-refractivity contribution in [2.75, 3.05) is 19.6 Å². The summed E-state index contributed by atoms with van der Waals surface area (Å²) < 4.78 is 38.4. The highest BCUT2D eigenvalue weighted by atomic mass is 19.4. The molecule has 2 rings (SSSR count). The zero-order chi connectivity index (χ0) is 17.9. The van der Waals surface area contributed by atoms with Crippen LogP contribution >= 0.6 is 0 Å². The van der Waals surface area contributed by atoms with Crippen LogP contribution in [0.2, 0.25) is 0 Å². The second-order valence-electron chi connectivity index (χ2n) is 5.81. The molecule has 1 atom stereocenters. The van der Waals surface area contributed by atoms with Crippen molar-refractivity contribution in [3.63, 3.8) is 0 Å². The fourth-order valence-electron chi connectivity index (χ4n) is 2.75. The minimum absolute atomic E-state index is 0.271. The van der Waals surface area contributed by atoms with Gasteiger partial charge in [0.15, 0.2) is 0 Å². The van der Waals surface area contributed by atoms with Crippen LogP contribution in [-0.2, 0) is 6.18 Å². The van der Waals surface area contributed by atoms with Gasteiger partial charge in [0, 0.05) is 36.8 Å². The van der Waals surface area contributed by atoms with Gasteiger partial charge in [0.2, 0.25) is 0 Å². The molecule has 0 spiro atoms. The number of nitrogens with one attached hydrogen (secondary N) is 1. The lowest BCUT2D eigenvalue weighted by molar-refractivity contribution is -0.385. The van der Waals surface area contributed by atoms with Crippen LogP contribution in [0.5, 0.6) is 0 Å². The van der Waals surface area contributed by atoms with E-state index in [0.717, 1.165) is 25.5 Å². The van der Waals surface area contributed by atoms with Crippen molar-refractivity contribution in [2.24, 2.45) is 0 Å². The van der Waals surface area contributed by atoms with E-state index < -0.39 is 28.3 Å². The van der Waals surface area contributed by atoms with Gasteiger partial charge in [-0.2, -0.15) is 13.2 Å². The predicted octanol–water partition coefficient (Wildman–Crippen LogP) is 2.83. The number of likely N-dealkylation sites (tertiary alicyclic amines) is 1. The summed E-state index contributed by atoms with van der Waals surface area (Å²) in [7, 11) is 0. The lowest BCUT2D eigenvalue weighted by Gasteiger charge is -2.20. The number of nitro groups is 1. The highest BCUT2D eigenvalue weighted by Gasteiger charge is 2.33. The molecule has 1 amide bonds. The van der Waals surface area contributed by atoms with Gasteiger partial charge in [-0.25, -0.2) is 0 Å². The van der Waals surface area contributed by atoms with E-state index in [2.05, 4.69) is 17.1 Å². The van der Waals surface area contributed by atoms with E-state index in [1.54, 1.807) is 0 Å². The normalized spacial score (nSPS) is 18.6. The first kappa shape index (κ1) is 18.2. The highest BCUT2D eigenvalue weighted by Crippen LogP contribution is 2.32. The summed E-state index contributed by atoms with van der Waals surface area (Å²) >= 11 is 0. The Morgan fingerprint density at radius 3 is 2.67 bits per heavy atom. The third-order valence-corrected chi connectivity index (χ3v) is 4.09. The largest absolute Gasteiger partial charge is 0.416 e. The lowest BCUT2D eigenvalue weighted by Crippen LogP contribution is -2.36. The lowest BCUT2D eigenvalue weighted by atomic mass is 10.1. The summed E-state index contributed by atoms with van der Waals surface area (Å²) in [5, 5.41) is 13.3. The smallest absolute Gasteiger partial charge is 0.351 e. The van der Waals surface area contributed by atoms with Gasteiger partial charge in [-0.15, -0.1) is 0 Å². The number of amides is 1. The number of halogens is 3. The molecular weight excluding hydrogens is 327 g/mol. The van der Waals surface area contributed by atoms with Crippen molar-refractivity contribution in [3.05, 3.63) is 39.4 Å². The van der Waals surface area contributed by atoms with Crippen LogP contribution in [0, 0.1) is 10.1 Å². The van der Waals surface area contributed by atoms with Gasteiger partial charge in [0.05, 0.1) is 10.5 Å². The predicted molar refractivity (Wildman–Crippen MR) is 80.7 cm³/mol. The maximum Gasteiger partial charge on any atom is 0.416 e. The molecule has 0 aliphatic carbocycles. The van der Waals surface area contributed by atoms with Crippen molar-refractivity contribution >= 4 is 11.6 Å². The second kappa shape index (κ2) is 7.16. The fraction of sp³-hybridized carbons (Fsp3) is 0.533. The number of hydrogen-bond donors (Lipinski definition) is 1. The topological polar surface area (TPSA) is 75.5 Å². The van der Waals surface area contributed by atoms with Crippen LogP contribution < -0.4 is 5.32 Å². The molecule has 1 aliphatic heterocycles. The van der Waals surface area contributed by atoms with E-state index in [0.29, 0.717) is 24.7 Å². The second-order valence-corrected chi connectivity index (χ2v) is 5.81. The zero-order valence-corrected chi connectivity index (χ0v) is 13.1. The molecule has 9 heteroatoms. The number of alkyl halides is 3. The molecular formula is C15H18F3N3O3. The fourth-order valence-corrected chi connectivity index (χ4v) is 2.75. The van der Waals surface area contributed by atoms with E-state index in [9.17, 15) is 28.1 Å². The Morgan fingerprint density at radius 2 is 2.12 bits per heavy atom. The minimum Gasteiger partial charge on any atom is -0.351 e. The minimum atomic E-state index is -4.76. The Labute approximate surface area is 136 Å². The third kappa shape index (κ3) is 4.44. The number of non-ortho nitro benzene ring substituents is 1. The molecule has 0 aromatic heterocycles. The number of hydrogen-bond acceptors (Lipinski definition) is 4. The average Bonchev–Trinajstić information content (AvgIpc) is 2.91. The van der Waals surface area contributed by atoms with Gasteiger partial charge in [-0.1, -0.05) is 0 Å². The molecule has 1 N–H and O–H groups in total. The van der Waals surface area contributed by atoms with Gasteiger partial charge >= 0.3 is 6.18 Å². The first-order chi connectivity index (χ1) is 11.2. The number of benzene rings is 1. The number of nitrogens with zero attached hydrogens (tertiary/aromatic N) is 2.